The third kappa shape index (κ3) is 2.65. The predicted molar refractivity (Wildman–Crippen MR) is 88.1 cm³/mol. The lowest BCUT2D eigenvalue weighted by atomic mass is 10.1. The van der Waals surface area contributed by atoms with E-state index in [1.807, 2.05) is 42.3 Å². The summed E-state index contributed by atoms with van der Waals surface area (Å²) < 4.78 is 4.70. The maximum absolute atomic E-state index is 11.9. The molecule has 0 spiro atoms. The number of hydrogen-bond donors (Lipinski definition) is 0. The quantitative estimate of drug-likeness (QED) is 0.818. The molecule has 1 amide bonds. The monoisotopic (exact) mass is 310 g/mol. The summed E-state index contributed by atoms with van der Waals surface area (Å²) in [6.45, 7) is 0.636. The van der Waals surface area contributed by atoms with Gasteiger partial charge in [0.2, 0.25) is 0 Å². The number of carbonyl (C=O) groups is 2. The van der Waals surface area contributed by atoms with Crippen LogP contribution in [0, 0.1) is 0 Å². The number of rotatable bonds is 3. The highest BCUT2D eigenvalue weighted by atomic mass is 16.5. The Morgan fingerprint density at radius 3 is 2.43 bits per heavy atom. The molecule has 118 valence electrons. The van der Waals surface area contributed by atoms with Crippen LogP contribution in [0.5, 0.6) is 0 Å². The molecule has 1 aliphatic heterocycles. The predicted octanol–water partition coefficient (Wildman–Crippen LogP) is 2.83. The summed E-state index contributed by atoms with van der Waals surface area (Å²) in [5.41, 5.74) is 4.28. The van der Waals surface area contributed by atoms with E-state index < -0.39 is 0 Å². The van der Waals surface area contributed by atoms with E-state index in [4.69, 9.17) is 4.74 Å². The molecule has 0 bridgehead atoms. The van der Waals surface area contributed by atoms with Gasteiger partial charge in [-0.25, -0.2) is 4.79 Å². The summed E-state index contributed by atoms with van der Waals surface area (Å²) >= 11 is 0. The van der Waals surface area contributed by atoms with E-state index in [0.29, 0.717) is 12.1 Å². The van der Waals surface area contributed by atoms with E-state index in [-0.39, 0.29) is 11.9 Å². The number of amides is 1. The first-order valence-corrected chi connectivity index (χ1v) is 7.32. The lowest BCUT2D eigenvalue weighted by Crippen LogP contribution is -2.17. The number of hydrogen-bond acceptors (Lipinski definition) is 4. The van der Waals surface area contributed by atoms with Crippen LogP contribution >= 0.6 is 0 Å². The highest BCUT2D eigenvalue weighted by Crippen LogP contribution is 2.29. The van der Waals surface area contributed by atoms with Crippen molar-refractivity contribution >= 4 is 23.3 Å². The summed E-state index contributed by atoms with van der Waals surface area (Å²) in [4.78, 5) is 27.2. The SMILES string of the molecule is COC(=O)c1ccc(N(C)c2ccc3c(c2)CN(C)C3=O)cc1. The smallest absolute Gasteiger partial charge is 0.337 e. The molecule has 23 heavy (non-hydrogen) atoms. The van der Waals surface area contributed by atoms with Gasteiger partial charge in [0.15, 0.2) is 0 Å². The van der Waals surface area contributed by atoms with E-state index in [9.17, 15) is 9.59 Å². The Labute approximate surface area is 135 Å². The first kappa shape index (κ1) is 15.1. The Bertz CT molecular complexity index is 768. The lowest BCUT2D eigenvalue weighted by molar-refractivity contribution is 0.0600. The third-order valence-corrected chi connectivity index (χ3v) is 4.14. The van der Waals surface area contributed by atoms with Crippen molar-refractivity contribution in [3.63, 3.8) is 0 Å². The summed E-state index contributed by atoms with van der Waals surface area (Å²) in [6.07, 6.45) is 0. The van der Waals surface area contributed by atoms with E-state index in [0.717, 1.165) is 22.5 Å². The van der Waals surface area contributed by atoms with Crippen LogP contribution in [0.4, 0.5) is 11.4 Å². The van der Waals surface area contributed by atoms with Gasteiger partial charge in [-0.2, -0.15) is 0 Å². The van der Waals surface area contributed by atoms with Crippen molar-refractivity contribution in [2.24, 2.45) is 0 Å². The van der Waals surface area contributed by atoms with Gasteiger partial charge in [-0.1, -0.05) is 0 Å². The van der Waals surface area contributed by atoms with Crippen molar-refractivity contribution < 1.29 is 14.3 Å². The first-order valence-electron chi connectivity index (χ1n) is 7.32. The number of carbonyl (C=O) groups excluding carboxylic acids is 2. The Morgan fingerprint density at radius 2 is 1.78 bits per heavy atom. The highest BCUT2D eigenvalue weighted by Gasteiger charge is 2.24. The standard InChI is InChI=1S/C18H18N2O3/c1-19-11-13-10-15(8-9-16(13)17(19)21)20(2)14-6-4-12(5-7-14)18(22)23-3/h4-10H,11H2,1-3H3. The minimum atomic E-state index is -0.349. The zero-order chi connectivity index (χ0) is 16.6. The molecule has 0 aromatic heterocycles. The molecule has 1 heterocycles. The second-order valence-corrected chi connectivity index (χ2v) is 5.60. The maximum atomic E-state index is 11.9. The molecular formula is C18H18N2O3. The number of anilines is 2. The molecule has 0 unspecified atom stereocenters. The zero-order valence-electron chi connectivity index (χ0n) is 13.4. The van der Waals surface area contributed by atoms with E-state index >= 15 is 0 Å². The van der Waals surface area contributed by atoms with Crippen molar-refractivity contribution in [2.45, 2.75) is 6.54 Å². The van der Waals surface area contributed by atoms with Crippen LogP contribution in [-0.4, -0.2) is 38.0 Å². The van der Waals surface area contributed by atoms with Crippen molar-refractivity contribution in [1.29, 1.82) is 0 Å². The highest BCUT2D eigenvalue weighted by molar-refractivity contribution is 5.98. The van der Waals surface area contributed by atoms with Crippen LogP contribution < -0.4 is 4.90 Å². The number of esters is 1. The second kappa shape index (κ2) is 5.76. The molecular weight excluding hydrogens is 292 g/mol. The molecule has 0 saturated carbocycles. The summed E-state index contributed by atoms with van der Waals surface area (Å²) in [5, 5.41) is 0. The number of benzene rings is 2. The van der Waals surface area contributed by atoms with Gasteiger partial charge < -0.3 is 14.5 Å². The van der Waals surface area contributed by atoms with E-state index in [1.165, 1.54) is 7.11 Å². The molecule has 3 rings (SSSR count). The van der Waals surface area contributed by atoms with Gasteiger partial charge >= 0.3 is 5.97 Å². The molecule has 2 aromatic rings. The molecule has 0 aliphatic carbocycles. The van der Waals surface area contributed by atoms with Crippen molar-refractivity contribution in [1.82, 2.24) is 4.90 Å². The lowest BCUT2D eigenvalue weighted by Gasteiger charge is -2.20. The molecule has 0 atom stereocenters. The number of nitrogens with zero attached hydrogens (tertiary/aromatic N) is 2. The van der Waals surface area contributed by atoms with Gasteiger partial charge in [0.05, 0.1) is 12.7 Å². The molecule has 0 radical (unpaired) electrons. The molecule has 5 heteroatoms. The summed E-state index contributed by atoms with van der Waals surface area (Å²) in [6, 6.07) is 13.1. The average molecular weight is 310 g/mol. The molecule has 0 saturated heterocycles. The first-order chi connectivity index (χ1) is 11.0. The van der Waals surface area contributed by atoms with Gasteiger partial charge in [0, 0.05) is 37.6 Å². The van der Waals surface area contributed by atoms with Crippen molar-refractivity contribution in [2.75, 3.05) is 26.1 Å². The largest absolute Gasteiger partial charge is 0.465 e. The Balaban J connectivity index is 1.86. The minimum Gasteiger partial charge on any atom is -0.465 e. The van der Waals surface area contributed by atoms with Gasteiger partial charge in [0.25, 0.3) is 5.91 Å². The van der Waals surface area contributed by atoms with Gasteiger partial charge in [-0.05, 0) is 48.0 Å². The van der Waals surface area contributed by atoms with Crippen LogP contribution in [0.3, 0.4) is 0 Å². The second-order valence-electron chi connectivity index (χ2n) is 5.60. The van der Waals surface area contributed by atoms with E-state index in [2.05, 4.69) is 0 Å². The minimum absolute atomic E-state index is 0.0663. The third-order valence-electron chi connectivity index (χ3n) is 4.14. The molecule has 5 nitrogen and oxygen atoms in total. The van der Waals surface area contributed by atoms with Crippen molar-refractivity contribution in [3.8, 4) is 0 Å². The fourth-order valence-electron chi connectivity index (χ4n) is 2.75. The summed E-state index contributed by atoms with van der Waals surface area (Å²) in [5.74, 6) is -0.282. The van der Waals surface area contributed by atoms with E-state index in [1.54, 1.807) is 24.1 Å². The molecule has 1 aliphatic rings. The van der Waals surface area contributed by atoms with Crippen molar-refractivity contribution in [3.05, 3.63) is 59.2 Å². The van der Waals surface area contributed by atoms with Crippen LogP contribution in [0.1, 0.15) is 26.3 Å². The molecule has 0 fully saturated rings. The van der Waals surface area contributed by atoms with Gasteiger partial charge in [-0.15, -0.1) is 0 Å². The average Bonchev–Trinajstić information content (AvgIpc) is 2.87. The topological polar surface area (TPSA) is 49.9 Å². The van der Waals surface area contributed by atoms with Crippen LogP contribution in [0.25, 0.3) is 0 Å². The maximum Gasteiger partial charge on any atom is 0.337 e. The summed E-state index contributed by atoms with van der Waals surface area (Å²) in [7, 11) is 5.12. The zero-order valence-corrected chi connectivity index (χ0v) is 13.4. The normalized spacial score (nSPS) is 13.0. The Kier molecular flexibility index (Phi) is 3.78. The fourth-order valence-corrected chi connectivity index (χ4v) is 2.75. The van der Waals surface area contributed by atoms with Crippen LogP contribution in [-0.2, 0) is 11.3 Å². The Hall–Kier alpha value is -2.82. The molecule has 2 aromatic carbocycles. The van der Waals surface area contributed by atoms with Gasteiger partial charge in [0.1, 0.15) is 0 Å². The Morgan fingerprint density at radius 1 is 1.13 bits per heavy atom. The van der Waals surface area contributed by atoms with Crippen LogP contribution in [0.2, 0.25) is 0 Å². The fraction of sp³-hybridized carbons (Fsp3) is 0.222. The molecule has 0 N–H and O–H groups in total. The number of ether oxygens (including phenoxy) is 1. The van der Waals surface area contributed by atoms with Gasteiger partial charge in [-0.3, -0.25) is 4.79 Å². The van der Waals surface area contributed by atoms with Crippen LogP contribution in [0.15, 0.2) is 42.5 Å². The number of methoxy groups -OCH3 is 1. The number of fused-ring (bicyclic) bond motifs is 1.